The molecule has 18 heavy (non-hydrogen) atoms. The lowest BCUT2D eigenvalue weighted by molar-refractivity contribution is 0.0113. The van der Waals surface area contributed by atoms with Crippen molar-refractivity contribution in [3.8, 4) is 0 Å². The van der Waals surface area contributed by atoms with Crippen LogP contribution in [-0.4, -0.2) is 24.2 Å². The summed E-state index contributed by atoms with van der Waals surface area (Å²) in [7, 11) is 0. The Bertz CT molecular complexity index is 535. The lowest BCUT2D eigenvalue weighted by Crippen LogP contribution is -2.32. The van der Waals surface area contributed by atoms with E-state index in [-0.39, 0.29) is 0 Å². The van der Waals surface area contributed by atoms with E-state index in [9.17, 15) is 0 Å². The first-order chi connectivity index (χ1) is 8.83. The van der Waals surface area contributed by atoms with Gasteiger partial charge >= 0.3 is 0 Å². The van der Waals surface area contributed by atoms with Gasteiger partial charge in [-0.05, 0) is 38.1 Å². The molecule has 1 fully saturated rings. The van der Waals surface area contributed by atoms with Gasteiger partial charge in [-0.3, -0.25) is 0 Å². The Morgan fingerprint density at radius 3 is 3.00 bits per heavy atom. The van der Waals surface area contributed by atoms with E-state index in [1.165, 1.54) is 0 Å². The number of benzene rings is 1. The Labute approximate surface area is 110 Å². The van der Waals surface area contributed by atoms with Gasteiger partial charge in [-0.1, -0.05) is 17.7 Å². The van der Waals surface area contributed by atoms with Crippen molar-refractivity contribution in [1.29, 1.82) is 0 Å². The molecule has 0 aliphatic carbocycles. The number of nitrogens with zero attached hydrogens (tertiary/aromatic N) is 1. The zero-order valence-electron chi connectivity index (χ0n) is 9.99. The van der Waals surface area contributed by atoms with Crippen LogP contribution in [0, 0.1) is 0 Å². The Morgan fingerprint density at radius 2 is 2.22 bits per heavy atom. The minimum atomic E-state index is 0.303. The first-order valence-corrected chi connectivity index (χ1v) is 6.57. The van der Waals surface area contributed by atoms with Crippen LogP contribution in [-0.2, 0) is 11.3 Å². The van der Waals surface area contributed by atoms with Crippen molar-refractivity contribution in [2.45, 2.75) is 25.6 Å². The molecule has 0 atom stereocenters. The molecule has 2 aromatic rings. The van der Waals surface area contributed by atoms with Crippen molar-refractivity contribution < 1.29 is 9.15 Å². The maximum Gasteiger partial charge on any atom is 0.221 e. The van der Waals surface area contributed by atoms with E-state index < -0.39 is 0 Å². The lowest BCUT2D eigenvalue weighted by atomic mass is 10.1. The van der Waals surface area contributed by atoms with Crippen LogP contribution in [0.25, 0.3) is 11.1 Å². The average Bonchev–Trinajstić information content (AvgIpc) is 2.82. The third kappa shape index (κ3) is 2.51. The highest BCUT2D eigenvalue weighted by atomic mass is 35.5. The number of oxazole rings is 1. The molecule has 1 saturated heterocycles. The van der Waals surface area contributed by atoms with Crippen LogP contribution in [0.5, 0.6) is 0 Å². The van der Waals surface area contributed by atoms with Crippen LogP contribution >= 0.6 is 11.6 Å². The van der Waals surface area contributed by atoms with Gasteiger partial charge in [0, 0.05) is 0 Å². The molecule has 0 saturated carbocycles. The van der Waals surface area contributed by atoms with Gasteiger partial charge in [0.15, 0.2) is 5.58 Å². The molecular formula is C13H15ClN2O2. The van der Waals surface area contributed by atoms with Crippen LogP contribution < -0.4 is 5.32 Å². The number of para-hydroxylation sites is 1. The number of nitrogens with one attached hydrogen (secondary N) is 1. The highest BCUT2D eigenvalue weighted by Crippen LogP contribution is 2.24. The fourth-order valence-corrected chi connectivity index (χ4v) is 2.38. The van der Waals surface area contributed by atoms with Gasteiger partial charge in [-0.15, -0.1) is 0 Å². The predicted molar refractivity (Wildman–Crippen MR) is 69.7 cm³/mol. The fourth-order valence-electron chi connectivity index (χ4n) is 2.17. The van der Waals surface area contributed by atoms with E-state index in [4.69, 9.17) is 20.8 Å². The van der Waals surface area contributed by atoms with Crippen LogP contribution in [0.2, 0.25) is 5.02 Å². The minimum absolute atomic E-state index is 0.303. The van der Waals surface area contributed by atoms with Gasteiger partial charge in [0.2, 0.25) is 5.89 Å². The number of hydrogen-bond acceptors (Lipinski definition) is 4. The summed E-state index contributed by atoms with van der Waals surface area (Å²) >= 11 is 6.04. The molecule has 1 aromatic carbocycles. The van der Waals surface area contributed by atoms with Crippen molar-refractivity contribution >= 4 is 22.7 Å². The molecule has 5 heteroatoms. The molecule has 0 spiro atoms. The van der Waals surface area contributed by atoms with E-state index in [2.05, 4.69) is 10.3 Å². The topological polar surface area (TPSA) is 47.3 Å². The number of fused-ring (bicyclic) bond motifs is 1. The molecule has 0 bridgehead atoms. The summed E-state index contributed by atoms with van der Waals surface area (Å²) in [6.45, 7) is 2.45. The molecule has 1 aromatic heterocycles. The minimum Gasteiger partial charge on any atom is -0.437 e. The zero-order valence-corrected chi connectivity index (χ0v) is 10.7. The Hall–Kier alpha value is -1.10. The van der Waals surface area contributed by atoms with Gasteiger partial charge in [0.1, 0.15) is 12.1 Å². The van der Waals surface area contributed by atoms with Gasteiger partial charge in [0.25, 0.3) is 0 Å². The quantitative estimate of drug-likeness (QED) is 0.928. The van der Waals surface area contributed by atoms with E-state index in [0.717, 1.165) is 31.4 Å². The highest BCUT2D eigenvalue weighted by Gasteiger charge is 2.15. The molecule has 2 heterocycles. The average molecular weight is 267 g/mol. The molecule has 1 aliphatic rings. The number of ether oxygens (including phenoxy) is 1. The predicted octanol–water partition coefficient (Wildman–Crippen LogP) is 2.75. The molecule has 4 nitrogen and oxygen atoms in total. The zero-order chi connectivity index (χ0) is 12.4. The number of rotatable bonds is 3. The summed E-state index contributed by atoms with van der Waals surface area (Å²) in [5.41, 5.74) is 1.43. The summed E-state index contributed by atoms with van der Waals surface area (Å²) in [5, 5.41) is 3.90. The fraction of sp³-hybridized carbons (Fsp3) is 0.462. The van der Waals surface area contributed by atoms with E-state index in [1.807, 2.05) is 12.1 Å². The van der Waals surface area contributed by atoms with Gasteiger partial charge in [-0.2, -0.15) is 0 Å². The second kappa shape index (κ2) is 5.26. The molecular weight excluding hydrogens is 252 g/mol. The van der Waals surface area contributed by atoms with Crippen LogP contribution in [0.3, 0.4) is 0 Å². The first-order valence-electron chi connectivity index (χ1n) is 6.19. The highest BCUT2D eigenvalue weighted by molar-refractivity contribution is 6.34. The van der Waals surface area contributed by atoms with Crippen molar-refractivity contribution in [3.63, 3.8) is 0 Å². The van der Waals surface area contributed by atoms with Gasteiger partial charge in [-0.25, -0.2) is 4.98 Å². The second-order valence-corrected chi connectivity index (χ2v) is 4.86. The maximum atomic E-state index is 6.04. The third-order valence-electron chi connectivity index (χ3n) is 3.14. The lowest BCUT2D eigenvalue weighted by Gasteiger charge is -2.22. The van der Waals surface area contributed by atoms with Crippen molar-refractivity contribution in [2.75, 3.05) is 13.1 Å². The Morgan fingerprint density at radius 1 is 1.39 bits per heavy atom. The molecule has 1 N–H and O–H groups in total. The van der Waals surface area contributed by atoms with Crippen molar-refractivity contribution in [1.82, 2.24) is 10.3 Å². The van der Waals surface area contributed by atoms with Crippen molar-refractivity contribution in [3.05, 3.63) is 29.1 Å². The monoisotopic (exact) mass is 266 g/mol. The Balaban J connectivity index is 1.69. The van der Waals surface area contributed by atoms with E-state index in [0.29, 0.717) is 29.2 Å². The molecule has 1 aliphatic heterocycles. The molecule has 0 amide bonds. The molecule has 96 valence electrons. The summed E-state index contributed by atoms with van der Waals surface area (Å²) in [4.78, 5) is 4.37. The van der Waals surface area contributed by atoms with E-state index >= 15 is 0 Å². The molecule has 0 radical (unpaired) electrons. The van der Waals surface area contributed by atoms with Crippen LogP contribution in [0.15, 0.2) is 22.6 Å². The summed E-state index contributed by atoms with van der Waals surface area (Å²) < 4.78 is 11.4. The largest absolute Gasteiger partial charge is 0.437 e. The maximum absolute atomic E-state index is 6.04. The molecule has 0 unspecified atom stereocenters. The second-order valence-electron chi connectivity index (χ2n) is 4.46. The molecule has 3 rings (SSSR count). The summed E-state index contributed by atoms with van der Waals surface area (Å²) in [6.07, 6.45) is 2.39. The summed E-state index contributed by atoms with van der Waals surface area (Å²) in [5.74, 6) is 0.594. The van der Waals surface area contributed by atoms with Crippen molar-refractivity contribution in [2.24, 2.45) is 0 Å². The van der Waals surface area contributed by atoms with Crippen LogP contribution in [0.4, 0.5) is 0 Å². The SMILES string of the molecule is Clc1cccc2nc(COC3CCNCC3)oc12. The van der Waals surface area contributed by atoms with Gasteiger partial charge in [0.05, 0.1) is 11.1 Å². The van der Waals surface area contributed by atoms with Crippen LogP contribution in [0.1, 0.15) is 18.7 Å². The third-order valence-corrected chi connectivity index (χ3v) is 3.44. The summed E-state index contributed by atoms with van der Waals surface area (Å²) in [6, 6.07) is 5.55. The number of aromatic nitrogens is 1. The smallest absolute Gasteiger partial charge is 0.221 e. The normalized spacial score (nSPS) is 17.4. The first kappa shape index (κ1) is 12.0. The number of halogens is 1. The van der Waals surface area contributed by atoms with Gasteiger partial charge < -0.3 is 14.5 Å². The number of piperidine rings is 1. The van der Waals surface area contributed by atoms with E-state index in [1.54, 1.807) is 6.07 Å². The number of hydrogen-bond donors (Lipinski definition) is 1. The standard InChI is InChI=1S/C13H15ClN2O2/c14-10-2-1-3-11-13(10)18-12(16-11)8-17-9-4-6-15-7-5-9/h1-3,9,15H,4-8H2. The Kier molecular flexibility index (Phi) is 3.50.